The van der Waals surface area contributed by atoms with E-state index >= 15 is 0 Å². The van der Waals surface area contributed by atoms with Crippen LogP contribution < -0.4 is 5.32 Å². The summed E-state index contributed by atoms with van der Waals surface area (Å²) in [6.07, 6.45) is 0.981. The number of ether oxygens (including phenoxy) is 1. The summed E-state index contributed by atoms with van der Waals surface area (Å²) in [5.41, 5.74) is 0. The number of aliphatic hydroxyl groups excluding tert-OH is 1. The van der Waals surface area contributed by atoms with E-state index in [0.717, 1.165) is 26.2 Å². The van der Waals surface area contributed by atoms with Gasteiger partial charge in [-0.3, -0.25) is 4.90 Å². The maximum Gasteiger partial charge on any atom is 0.0791 e. The molecule has 0 saturated carbocycles. The molecule has 0 aliphatic carbocycles. The second-order valence-electron chi connectivity index (χ2n) is 4.12. The zero-order valence-corrected chi connectivity index (χ0v) is 11.0. The summed E-state index contributed by atoms with van der Waals surface area (Å²) in [5.74, 6) is 2.46. The number of hydrogen-bond acceptors (Lipinski definition) is 5. The number of thioether (sulfide) groups is 1. The van der Waals surface area contributed by atoms with Crippen molar-refractivity contribution in [2.45, 2.75) is 12.5 Å². The lowest BCUT2D eigenvalue weighted by Gasteiger charge is -2.23. The highest BCUT2D eigenvalue weighted by Crippen LogP contribution is 2.09. The Morgan fingerprint density at radius 3 is 3.12 bits per heavy atom. The van der Waals surface area contributed by atoms with Gasteiger partial charge in [-0.25, -0.2) is 0 Å². The van der Waals surface area contributed by atoms with Gasteiger partial charge in [0.15, 0.2) is 0 Å². The zero-order chi connectivity index (χ0) is 11.6. The van der Waals surface area contributed by atoms with E-state index < -0.39 is 0 Å². The van der Waals surface area contributed by atoms with Gasteiger partial charge in [0.1, 0.15) is 0 Å². The van der Waals surface area contributed by atoms with Crippen LogP contribution in [0.5, 0.6) is 0 Å². The molecule has 1 rings (SSSR count). The summed E-state index contributed by atoms with van der Waals surface area (Å²) in [7, 11) is 1.69. The lowest BCUT2D eigenvalue weighted by molar-refractivity contribution is 0.112. The van der Waals surface area contributed by atoms with E-state index in [0.29, 0.717) is 13.2 Å². The molecule has 1 heterocycles. The van der Waals surface area contributed by atoms with Gasteiger partial charge in [-0.05, 0) is 18.7 Å². The summed E-state index contributed by atoms with van der Waals surface area (Å²) in [5, 5.41) is 13.0. The first-order valence-corrected chi connectivity index (χ1v) is 7.16. The lowest BCUT2D eigenvalue weighted by atomic mass is 10.3. The summed E-state index contributed by atoms with van der Waals surface area (Å²) >= 11 is 2.02. The van der Waals surface area contributed by atoms with Crippen LogP contribution in [-0.2, 0) is 4.74 Å². The number of β-amino-alcohol motifs (C(OH)–C–C–N with tert-alkyl or cyclic N) is 1. The summed E-state index contributed by atoms with van der Waals surface area (Å²) in [6, 6.07) is 0. The predicted octanol–water partition coefficient (Wildman–Crippen LogP) is 0.0222. The highest BCUT2D eigenvalue weighted by atomic mass is 32.2. The molecular weight excluding hydrogens is 224 g/mol. The minimum Gasteiger partial charge on any atom is -0.390 e. The molecule has 1 unspecified atom stereocenters. The summed E-state index contributed by atoms with van der Waals surface area (Å²) in [4.78, 5) is 2.36. The number of nitrogens with zero attached hydrogens (tertiary/aromatic N) is 1. The summed E-state index contributed by atoms with van der Waals surface area (Å²) in [6.45, 7) is 5.20. The molecule has 1 atom stereocenters. The molecule has 0 aromatic heterocycles. The molecule has 0 spiro atoms. The average molecular weight is 248 g/mol. The van der Waals surface area contributed by atoms with Crippen LogP contribution in [0.2, 0.25) is 0 Å². The van der Waals surface area contributed by atoms with Crippen molar-refractivity contribution >= 4 is 11.8 Å². The van der Waals surface area contributed by atoms with E-state index in [1.807, 2.05) is 11.8 Å². The molecule has 0 aromatic carbocycles. The molecule has 0 radical (unpaired) electrons. The highest BCUT2D eigenvalue weighted by molar-refractivity contribution is 7.99. The fourth-order valence-corrected chi connectivity index (χ4v) is 2.71. The van der Waals surface area contributed by atoms with Crippen molar-refractivity contribution in [1.29, 1.82) is 0 Å². The van der Waals surface area contributed by atoms with E-state index in [1.54, 1.807) is 7.11 Å². The quantitative estimate of drug-likeness (QED) is 0.622. The Hall–Kier alpha value is 0.190. The smallest absolute Gasteiger partial charge is 0.0791 e. The molecule has 0 aromatic rings. The number of nitrogens with one attached hydrogen (secondary N) is 1. The van der Waals surface area contributed by atoms with E-state index in [2.05, 4.69) is 10.2 Å². The largest absolute Gasteiger partial charge is 0.390 e. The van der Waals surface area contributed by atoms with Crippen LogP contribution in [0.4, 0.5) is 0 Å². The first-order valence-electron chi connectivity index (χ1n) is 6.00. The Morgan fingerprint density at radius 2 is 2.31 bits per heavy atom. The van der Waals surface area contributed by atoms with Crippen LogP contribution in [0.1, 0.15) is 6.42 Å². The zero-order valence-electron chi connectivity index (χ0n) is 10.2. The molecule has 16 heavy (non-hydrogen) atoms. The maximum absolute atomic E-state index is 9.84. The number of hydrogen-bond donors (Lipinski definition) is 2. The van der Waals surface area contributed by atoms with E-state index in [4.69, 9.17) is 4.74 Å². The van der Waals surface area contributed by atoms with Crippen LogP contribution in [0.15, 0.2) is 0 Å². The second kappa shape index (κ2) is 9.24. The molecule has 2 N–H and O–H groups in total. The molecule has 5 heteroatoms. The van der Waals surface area contributed by atoms with Crippen LogP contribution >= 0.6 is 11.8 Å². The van der Waals surface area contributed by atoms with Crippen molar-refractivity contribution < 1.29 is 9.84 Å². The van der Waals surface area contributed by atoms with E-state index in [-0.39, 0.29) is 6.10 Å². The van der Waals surface area contributed by atoms with Crippen LogP contribution in [0.25, 0.3) is 0 Å². The number of methoxy groups -OCH3 is 1. The minimum atomic E-state index is -0.264. The number of aliphatic hydroxyl groups is 1. The molecule has 1 fully saturated rings. The molecule has 0 bridgehead atoms. The van der Waals surface area contributed by atoms with E-state index in [1.165, 1.54) is 17.9 Å². The molecular formula is C11H24N2O2S. The SMILES string of the molecule is COCCNCC(O)CN1CCCSCC1. The molecule has 1 aliphatic heterocycles. The Kier molecular flexibility index (Phi) is 8.23. The van der Waals surface area contributed by atoms with Gasteiger partial charge in [0.05, 0.1) is 12.7 Å². The Balaban J connectivity index is 2.04. The fourth-order valence-electron chi connectivity index (χ4n) is 1.79. The fraction of sp³-hybridized carbons (Fsp3) is 1.00. The van der Waals surface area contributed by atoms with Crippen LogP contribution in [0.3, 0.4) is 0 Å². The molecule has 1 aliphatic rings. The van der Waals surface area contributed by atoms with Crippen molar-refractivity contribution in [2.24, 2.45) is 0 Å². The van der Waals surface area contributed by atoms with Crippen molar-refractivity contribution in [3.63, 3.8) is 0 Å². The van der Waals surface area contributed by atoms with Gasteiger partial charge < -0.3 is 15.2 Å². The predicted molar refractivity (Wildman–Crippen MR) is 69.1 cm³/mol. The van der Waals surface area contributed by atoms with E-state index in [9.17, 15) is 5.11 Å². The first-order chi connectivity index (χ1) is 7.83. The van der Waals surface area contributed by atoms with Crippen LogP contribution in [0, 0.1) is 0 Å². The van der Waals surface area contributed by atoms with Gasteiger partial charge in [0.2, 0.25) is 0 Å². The first kappa shape index (κ1) is 14.3. The van der Waals surface area contributed by atoms with Crippen molar-refractivity contribution in [1.82, 2.24) is 10.2 Å². The Bertz CT molecular complexity index is 164. The average Bonchev–Trinajstić information content (AvgIpc) is 2.53. The van der Waals surface area contributed by atoms with Gasteiger partial charge >= 0.3 is 0 Å². The summed E-state index contributed by atoms with van der Waals surface area (Å²) < 4.78 is 4.93. The second-order valence-corrected chi connectivity index (χ2v) is 5.34. The topological polar surface area (TPSA) is 44.7 Å². The molecule has 96 valence electrons. The number of rotatable bonds is 7. The molecule has 0 amide bonds. The molecule has 4 nitrogen and oxygen atoms in total. The van der Waals surface area contributed by atoms with Crippen molar-refractivity contribution in [3.05, 3.63) is 0 Å². The van der Waals surface area contributed by atoms with Gasteiger partial charge in [-0.15, -0.1) is 0 Å². The highest BCUT2D eigenvalue weighted by Gasteiger charge is 2.13. The lowest BCUT2D eigenvalue weighted by Crippen LogP contribution is -2.40. The van der Waals surface area contributed by atoms with Gasteiger partial charge in [-0.1, -0.05) is 0 Å². The standard InChI is InChI=1S/C11H24N2O2S/c1-15-6-3-12-9-11(14)10-13-4-2-7-16-8-5-13/h11-12,14H,2-10H2,1H3. The van der Waals surface area contributed by atoms with Gasteiger partial charge in [0, 0.05) is 39.0 Å². The maximum atomic E-state index is 9.84. The van der Waals surface area contributed by atoms with Gasteiger partial charge in [-0.2, -0.15) is 11.8 Å². The van der Waals surface area contributed by atoms with Crippen LogP contribution in [-0.4, -0.2) is 74.1 Å². The molecule has 1 saturated heterocycles. The van der Waals surface area contributed by atoms with Gasteiger partial charge in [0.25, 0.3) is 0 Å². The monoisotopic (exact) mass is 248 g/mol. The Morgan fingerprint density at radius 1 is 1.44 bits per heavy atom. The third kappa shape index (κ3) is 6.70. The minimum absolute atomic E-state index is 0.264. The van der Waals surface area contributed by atoms with Crippen molar-refractivity contribution in [3.8, 4) is 0 Å². The van der Waals surface area contributed by atoms with Crippen molar-refractivity contribution in [2.75, 3.05) is 57.9 Å². The third-order valence-electron chi connectivity index (χ3n) is 2.65. The third-order valence-corrected chi connectivity index (χ3v) is 3.70. The Labute approximate surface area is 103 Å². The normalized spacial score (nSPS) is 20.6.